The van der Waals surface area contributed by atoms with E-state index in [2.05, 4.69) is 24.8 Å². The van der Waals surface area contributed by atoms with Crippen LogP contribution in [0.25, 0.3) is 0 Å². The molecular formula is C31H27FN2O2. The van der Waals surface area contributed by atoms with E-state index in [1.54, 1.807) is 23.1 Å². The molecule has 2 heterocycles. The van der Waals surface area contributed by atoms with Crippen molar-refractivity contribution in [3.8, 4) is 11.5 Å². The van der Waals surface area contributed by atoms with Crippen molar-refractivity contribution in [1.82, 2.24) is 0 Å². The van der Waals surface area contributed by atoms with Crippen LogP contribution in [-0.2, 0) is 5.54 Å². The number of hydrogen-bond acceptors (Lipinski definition) is 3. The normalized spacial score (nSPS) is 17.4. The van der Waals surface area contributed by atoms with E-state index in [-0.39, 0.29) is 11.6 Å². The van der Waals surface area contributed by atoms with Crippen LogP contribution in [0.15, 0.2) is 84.9 Å². The largest absolute Gasteiger partial charge is 0.456 e. The molecule has 0 aliphatic carbocycles. The van der Waals surface area contributed by atoms with Crippen molar-refractivity contribution in [2.24, 2.45) is 0 Å². The van der Waals surface area contributed by atoms with Gasteiger partial charge in [-0.3, -0.25) is 9.69 Å². The molecule has 1 spiro atoms. The van der Waals surface area contributed by atoms with Gasteiger partial charge in [0, 0.05) is 47.1 Å². The van der Waals surface area contributed by atoms with Crippen LogP contribution in [-0.4, -0.2) is 19.0 Å². The van der Waals surface area contributed by atoms with Crippen molar-refractivity contribution >= 4 is 17.3 Å². The summed E-state index contributed by atoms with van der Waals surface area (Å²) in [7, 11) is 0. The Balaban J connectivity index is 1.74. The van der Waals surface area contributed by atoms with Gasteiger partial charge in [-0.15, -0.1) is 0 Å². The van der Waals surface area contributed by atoms with Gasteiger partial charge in [0.25, 0.3) is 5.91 Å². The van der Waals surface area contributed by atoms with Gasteiger partial charge in [-0.2, -0.15) is 0 Å². The molecule has 2 aliphatic heterocycles. The zero-order chi connectivity index (χ0) is 25.0. The molecule has 4 aromatic carbocycles. The first kappa shape index (κ1) is 22.4. The predicted molar refractivity (Wildman–Crippen MR) is 141 cm³/mol. The fourth-order valence-electron chi connectivity index (χ4n) is 5.79. The lowest BCUT2D eigenvalue weighted by Gasteiger charge is -2.44. The number of halogens is 1. The number of benzene rings is 4. The maximum atomic E-state index is 15.4. The van der Waals surface area contributed by atoms with Crippen LogP contribution in [0.1, 0.15) is 46.5 Å². The Kier molecular flexibility index (Phi) is 5.11. The van der Waals surface area contributed by atoms with Crippen molar-refractivity contribution in [2.75, 3.05) is 22.9 Å². The highest BCUT2D eigenvalue weighted by Crippen LogP contribution is 2.59. The topological polar surface area (TPSA) is 32.8 Å². The van der Waals surface area contributed by atoms with E-state index >= 15 is 4.39 Å². The third-order valence-electron chi connectivity index (χ3n) is 7.41. The smallest absolute Gasteiger partial charge is 0.260 e. The molecule has 0 fully saturated rings. The highest BCUT2D eigenvalue weighted by Gasteiger charge is 2.57. The number of aryl methyl sites for hydroxylation is 1. The van der Waals surface area contributed by atoms with Gasteiger partial charge in [0.2, 0.25) is 0 Å². The van der Waals surface area contributed by atoms with Gasteiger partial charge < -0.3 is 9.64 Å². The molecule has 0 saturated heterocycles. The Morgan fingerprint density at radius 1 is 0.833 bits per heavy atom. The molecule has 180 valence electrons. The lowest BCUT2D eigenvalue weighted by molar-refractivity contribution is 0.0984. The standard InChI is InChI=1S/C31H27FN2O2/c1-4-33(5-2)21-15-17-25-29(19-21)36-28-18-20(3)14-16-24(28)31(25)23-11-7-6-10-22(23)30(35)34(31)27-13-9-8-12-26(27)32/h6-19H,4-5H2,1-3H3. The van der Waals surface area contributed by atoms with Crippen LogP contribution < -0.4 is 14.5 Å². The molecule has 5 heteroatoms. The number of fused-ring (bicyclic) bond motifs is 6. The first-order valence-corrected chi connectivity index (χ1v) is 12.4. The molecule has 4 aromatic rings. The number of ether oxygens (including phenoxy) is 1. The first-order valence-electron chi connectivity index (χ1n) is 12.4. The zero-order valence-electron chi connectivity index (χ0n) is 20.6. The average molecular weight is 479 g/mol. The minimum atomic E-state index is -1.08. The monoisotopic (exact) mass is 478 g/mol. The minimum Gasteiger partial charge on any atom is -0.456 e. The fraction of sp³-hybridized carbons (Fsp3) is 0.194. The highest BCUT2D eigenvalue weighted by molar-refractivity contribution is 6.14. The summed E-state index contributed by atoms with van der Waals surface area (Å²) < 4.78 is 22.0. The lowest BCUT2D eigenvalue weighted by Crippen LogP contribution is -2.48. The number of hydrogen-bond donors (Lipinski definition) is 0. The maximum absolute atomic E-state index is 15.4. The molecule has 6 rings (SSSR count). The van der Waals surface area contributed by atoms with Crippen LogP contribution in [0, 0.1) is 12.7 Å². The van der Waals surface area contributed by atoms with Crippen LogP contribution >= 0.6 is 0 Å². The Morgan fingerprint density at radius 2 is 1.50 bits per heavy atom. The van der Waals surface area contributed by atoms with Crippen LogP contribution in [0.3, 0.4) is 0 Å². The molecule has 0 saturated carbocycles. The molecule has 1 amide bonds. The lowest BCUT2D eigenvalue weighted by atomic mass is 9.74. The fourth-order valence-corrected chi connectivity index (χ4v) is 5.79. The van der Waals surface area contributed by atoms with Gasteiger partial charge in [-0.1, -0.05) is 48.5 Å². The molecule has 36 heavy (non-hydrogen) atoms. The number of para-hydroxylation sites is 1. The second kappa shape index (κ2) is 8.23. The number of amides is 1. The quantitative estimate of drug-likeness (QED) is 0.315. The van der Waals surface area contributed by atoms with Crippen molar-refractivity contribution < 1.29 is 13.9 Å². The van der Waals surface area contributed by atoms with E-state index in [1.807, 2.05) is 61.5 Å². The van der Waals surface area contributed by atoms with Gasteiger partial charge in [-0.25, -0.2) is 4.39 Å². The van der Waals surface area contributed by atoms with Gasteiger partial charge in [0.15, 0.2) is 0 Å². The minimum absolute atomic E-state index is 0.233. The van der Waals surface area contributed by atoms with E-state index in [9.17, 15) is 4.79 Å². The zero-order valence-corrected chi connectivity index (χ0v) is 20.6. The number of carbonyl (C=O) groups excluding carboxylic acids is 1. The summed E-state index contributed by atoms with van der Waals surface area (Å²) in [5.74, 6) is 0.663. The maximum Gasteiger partial charge on any atom is 0.260 e. The molecule has 0 radical (unpaired) electrons. The summed E-state index contributed by atoms with van der Waals surface area (Å²) in [6.45, 7) is 7.98. The first-order chi connectivity index (χ1) is 17.5. The van der Waals surface area contributed by atoms with Crippen molar-refractivity contribution in [2.45, 2.75) is 26.3 Å². The van der Waals surface area contributed by atoms with Crippen molar-refractivity contribution in [1.29, 1.82) is 0 Å². The SMILES string of the molecule is CCN(CC)c1ccc2c(c1)Oc1cc(C)ccc1C21c2ccccc2C(=O)N1c1ccccc1F. The highest BCUT2D eigenvalue weighted by atomic mass is 19.1. The molecule has 2 aliphatic rings. The van der Waals surface area contributed by atoms with Crippen LogP contribution in [0.4, 0.5) is 15.8 Å². The van der Waals surface area contributed by atoms with Gasteiger partial charge in [0.05, 0.1) is 5.69 Å². The average Bonchev–Trinajstić information content (AvgIpc) is 3.14. The number of nitrogens with zero attached hydrogens (tertiary/aromatic N) is 2. The molecule has 0 bridgehead atoms. The van der Waals surface area contributed by atoms with Gasteiger partial charge in [-0.05, 0) is 56.7 Å². The Hall–Kier alpha value is -4.12. The molecule has 1 atom stereocenters. The third kappa shape index (κ3) is 2.95. The Labute approximate surface area is 210 Å². The number of carbonyl (C=O) groups is 1. The van der Waals surface area contributed by atoms with E-state index in [0.29, 0.717) is 17.1 Å². The van der Waals surface area contributed by atoms with Crippen molar-refractivity contribution in [3.63, 3.8) is 0 Å². The third-order valence-corrected chi connectivity index (χ3v) is 7.41. The summed E-state index contributed by atoms with van der Waals surface area (Å²) in [5, 5.41) is 0. The van der Waals surface area contributed by atoms with E-state index in [1.165, 1.54) is 6.07 Å². The van der Waals surface area contributed by atoms with E-state index in [4.69, 9.17) is 4.74 Å². The van der Waals surface area contributed by atoms with Gasteiger partial charge >= 0.3 is 0 Å². The number of anilines is 2. The summed E-state index contributed by atoms with van der Waals surface area (Å²) in [5.41, 5.74) is 4.27. The Bertz CT molecular complexity index is 1510. The predicted octanol–water partition coefficient (Wildman–Crippen LogP) is 7.04. The van der Waals surface area contributed by atoms with Crippen LogP contribution in [0.2, 0.25) is 0 Å². The molecular weight excluding hydrogens is 451 g/mol. The molecule has 0 N–H and O–H groups in total. The van der Waals surface area contributed by atoms with Crippen LogP contribution in [0.5, 0.6) is 11.5 Å². The Morgan fingerprint density at radius 3 is 2.25 bits per heavy atom. The molecule has 1 unspecified atom stereocenters. The second-order valence-corrected chi connectivity index (χ2v) is 9.30. The van der Waals surface area contributed by atoms with E-state index in [0.717, 1.165) is 41.0 Å². The summed E-state index contributed by atoms with van der Waals surface area (Å²) >= 11 is 0. The van der Waals surface area contributed by atoms with Gasteiger partial charge in [0.1, 0.15) is 22.9 Å². The molecule has 0 aromatic heterocycles. The van der Waals surface area contributed by atoms with Crippen molar-refractivity contribution in [3.05, 3.63) is 119 Å². The number of rotatable bonds is 4. The second-order valence-electron chi connectivity index (χ2n) is 9.30. The summed E-state index contributed by atoms with van der Waals surface area (Å²) in [4.78, 5) is 18.0. The summed E-state index contributed by atoms with van der Waals surface area (Å²) in [6.07, 6.45) is 0. The molecule has 4 nitrogen and oxygen atoms in total. The summed E-state index contributed by atoms with van der Waals surface area (Å²) in [6, 6.07) is 26.3. The van der Waals surface area contributed by atoms with E-state index < -0.39 is 11.4 Å².